The molecule has 1 fully saturated rings. The van der Waals surface area contributed by atoms with Crippen LogP contribution < -0.4 is 0 Å². The first-order chi connectivity index (χ1) is 13.0. The first kappa shape index (κ1) is 20.0. The van der Waals surface area contributed by atoms with Gasteiger partial charge in [0.05, 0.1) is 5.02 Å². The van der Waals surface area contributed by atoms with Gasteiger partial charge in [-0.15, -0.1) is 0 Å². The number of nitrogens with zero attached hydrogens (tertiary/aromatic N) is 2. The van der Waals surface area contributed by atoms with Crippen molar-refractivity contribution in [3.63, 3.8) is 0 Å². The number of aromatic hydroxyl groups is 1. The third kappa shape index (κ3) is 5.17. The van der Waals surface area contributed by atoms with Crippen LogP contribution in [0, 0.1) is 11.6 Å². The summed E-state index contributed by atoms with van der Waals surface area (Å²) in [5, 5.41) is 19.3. The summed E-state index contributed by atoms with van der Waals surface area (Å²) in [5.41, 5.74) is 1.73. The van der Waals surface area contributed by atoms with Crippen molar-refractivity contribution < 1.29 is 19.0 Å². The van der Waals surface area contributed by atoms with Crippen LogP contribution in [0.2, 0.25) is 5.02 Å². The van der Waals surface area contributed by atoms with Gasteiger partial charge < -0.3 is 10.2 Å². The molecule has 2 N–H and O–H groups in total. The Balaban J connectivity index is 1.65. The number of phenols is 1. The monoisotopic (exact) mass is 396 g/mol. The Morgan fingerprint density at radius 2 is 1.74 bits per heavy atom. The molecule has 0 radical (unpaired) electrons. The molecule has 0 spiro atoms. The van der Waals surface area contributed by atoms with E-state index in [2.05, 4.69) is 9.80 Å². The lowest BCUT2D eigenvalue weighted by molar-refractivity contribution is 0.0499. The standard InChI is InChI=1S/C20H23ClF2N2O2/c21-17-9-14(2-4-20(17)27)11-24-6-7-25(16(13-24)5-8-26)12-15-1-3-18(22)19(23)10-15/h1-4,9-10,16,26-27H,5-8,11-13H2/t16-/m1/s1. The molecule has 7 heteroatoms. The molecule has 0 bridgehead atoms. The van der Waals surface area contributed by atoms with Gasteiger partial charge in [-0.05, 0) is 41.8 Å². The van der Waals surface area contributed by atoms with E-state index >= 15 is 0 Å². The Hall–Kier alpha value is -1.73. The van der Waals surface area contributed by atoms with Crippen LogP contribution in [0.4, 0.5) is 8.78 Å². The van der Waals surface area contributed by atoms with Crippen LogP contribution in [-0.2, 0) is 13.1 Å². The van der Waals surface area contributed by atoms with E-state index in [0.717, 1.165) is 36.8 Å². The zero-order chi connectivity index (χ0) is 19.4. The van der Waals surface area contributed by atoms with Gasteiger partial charge in [-0.1, -0.05) is 23.7 Å². The fourth-order valence-electron chi connectivity index (χ4n) is 3.51. The van der Waals surface area contributed by atoms with Gasteiger partial charge in [0.2, 0.25) is 0 Å². The van der Waals surface area contributed by atoms with E-state index in [0.29, 0.717) is 24.5 Å². The van der Waals surface area contributed by atoms with Gasteiger partial charge in [0.25, 0.3) is 0 Å². The van der Waals surface area contributed by atoms with Crippen molar-refractivity contribution in [1.82, 2.24) is 9.80 Å². The molecule has 1 atom stereocenters. The number of hydrogen-bond acceptors (Lipinski definition) is 4. The summed E-state index contributed by atoms with van der Waals surface area (Å²) in [6.07, 6.45) is 0.608. The third-order valence-corrected chi connectivity index (χ3v) is 5.24. The number of benzene rings is 2. The van der Waals surface area contributed by atoms with E-state index in [-0.39, 0.29) is 18.4 Å². The predicted octanol–water partition coefficient (Wildman–Crippen LogP) is 3.39. The first-order valence-electron chi connectivity index (χ1n) is 8.95. The maximum Gasteiger partial charge on any atom is 0.159 e. The lowest BCUT2D eigenvalue weighted by atomic mass is 10.1. The third-order valence-electron chi connectivity index (χ3n) is 4.94. The van der Waals surface area contributed by atoms with Gasteiger partial charge in [-0.25, -0.2) is 8.78 Å². The van der Waals surface area contributed by atoms with E-state index < -0.39 is 11.6 Å². The maximum absolute atomic E-state index is 13.5. The Labute approximate surface area is 162 Å². The van der Waals surface area contributed by atoms with Gasteiger partial charge in [-0.2, -0.15) is 0 Å². The molecule has 0 aliphatic carbocycles. The zero-order valence-electron chi connectivity index (χ0n) is 14.9. The number of rotatable bonds is 6. The first-order valence-corrected chi connectivity index (χ1v) is 9.32. The average molecular weight is 397 g/mol. The second kappa shape index (κ2) is 8.97. The summed E-state index contributed by atoms with van der Waals surface area (Å²) in [6, 6.07) is 9.28. The number of piperazine rings is 1. The molecule has 4 nitrogen and oxygen atoms in total. The Kier molecular flexibility index (Phi) is 6.65. The van der Waals surface area contributed by atoms with Gasteiger partial charge in [0, 0.05) is 45.4 Å². The van der Waals surface area contributed by atoms with Crippen molar-refractivity contribution in [1.29, 1.82) is 0 Å². The summed E-state index contributed by atoms with van der Waals surface area (Å²) in [4.78, 5) is 4.47. The summed E-state index contributed by atoms with van der Waals surface area (Å²) in [5.74, 6) is -1.62. The van der Waals surface area contributed by atoms with E-state index in [4.69, 9.17) is 11.6 Å². The summed E-state index contributed by atoms with van der Waals surface area (Å²) in [6.45, 7) is 3.60. The number of aliphatic hydroxyl groups is 1. The molecule has 27 heavy (non-hydrogen) atoms. The van der Waals surface area contributed by atoms with Crippen molar-refractivity contribution in [3.8, 4) is 5.75 Å². The van der Waals surface area contributed by atoms with Crippen LogP contribution in [-0.4, -0.2) is 52.3 Å². The molecule has 3 rings (SSSR count). The highest BCUT2D eigenvalue weighted by Crippen LogP contribution is 2.25. The normalized spacial score (nSPS) is 18.7. The molecular formula is C20H23ClF2N2O2. The van der Waals surface area contributed by atoms with Crippen LogP contribution in [0.5, 0.6) is 5.75 Å². The molecule has 0 amide bonds. The minimum atomic E-state index is -0.844. The molecule has 2 aromatic carbocycles. The number of hydrogen-bond donors (Lipinski definition) is 2. The van der Waals surface area contributed by atoms with Gasteiger partial charge in [-0.3, -0.25) is 9.80 Å². The minimum Gasteiger partial charge on any atom is -0.506 e. The molecule has 2 aromatic rings. The maximum atomic E-state index is 13.5. The molecule has 146 valence electrons. The highest BCUT2D eigenvalue weighted by atomic mass is 35.5. The molecule has 1 aliphatic heterocycles. The molecular weight excluding hydrogens is 374 g/mol. The van der Waals surface area contributed by atoms with Gasteiger partial charge in [0.1, 0.15) is 5.75 Å². The van der Waals surface area contributed by atoms with Crippen LogP contribution in [0.15, 0.2) is 36.4 Å². The average Bonchev–Trinajstić information content (AvgIpc) is 2.64. The largest absolute Gasteiger partial charge is 0.506 e. The van der Waals surface area contributed by atoms with Crippen molar-refractivity contribution in [2.75, 3.05) is 26.2 Å². The SMILES string of the molecule is OCC[C@@H]1CN(Cc2ccc(O)c(Cl)c2)CCN1Cc1ccc(F)c(F)c1. The molecule has 1 saturated heterocycles. The molecule has 0 aromatic heterocycles. The number of aliphatic hydroxyl groups excluding tert-OH is 1. The smallest absolute Gasteiger partial charge is 0.159 e. The second-order valence-electron chi connectivity index (χ2n) is 6.91. The Bertz CT molecular complexity index is 791. The molecule has 1 aliphatic rings. The quantitative estimate of drug-likeness (QED) is 0.785. The minimum absolute atomic E-state index is 0.0647. The van der Waals surface area contributed by atoms with Crippen LogP contribution in [0.1, 0.15) is 17.5 Å². The van der Waals surface area contributed by atoms with Gasteiger partial charge in [0.15, 0.2) is 11.6 Å². The van der Waals surface area contributed by atoms with Crippen molar-refractivity contribution in [3.05, 3.63) is 64.2 Å². The van der Waals surface area contributed by atoms with E-state index in [1.165, 1.54) is 6.07 Å². The molecule has 0 unspecified atom stereocenters. The fourth-order valence-corrected chi connectivity index (χ4v) is 3.71. The van der Waals surface area contributed by atoms with Crippen molar-refractivity contribution in [2.24, 2.45) is 0 Å². The molecule has 0 saturated carbocycles. The highest BCUT2D eigenvalue weighted by molar-refractivity contribution is 6.32. The second-order valence-corrected chi connectivity index (χ2v) is 7.31. The van der Waals surface area contributed by atoms with Crippen LogP contribution in [0.25, 0.3) is 0 Å². The van der Waals surface area contributed by atoms with Crippen LogP contribution >= 0.6 is 11.6 Å². The number of phenolic OH excluding ortho intramolecular Hbond substituents is 1. The van der Waals surface area contributed by atoms with E-state index in [1.807, 2.05) is 6.07 Å². The summed E-state index contributed by atoms with van der Waals surface area (Å²) in [7, 11) is 0. The Morgan fingerprint density at radius 1 is 1.00 bits per heavy atom. The zero-order valence-corrected chi connectivity index (χ0v) is 15.7. The topological polar surface area (TPSA) is 46.9 Å². The fraction of sp³-hybridized carbons (Fsp3) is 0.400. The summed E-state index contributed by atoms with van der Waals surface area (Å²) >= 11 is 5.98. The predicted molar refractivity (Wildman–Crippen MR) is 101 cm³/mol. The highest BCUT2D eigenvalue weighted by Gasteiger charge is 2.27. The number of halogens is 3. The summed E-state index contributed by atoms with van der Waals surface area (Å²) < 4.78 is 26.6. The van der Waals surface area contributed by atoms with Crippen LogP contribution in [0.3, 0.4) is 0 Å². The lowest BCUT2D eigenvalue weighted by Crippen LogP contribution is -2.52. The van der Waals surface area contributed by atoms with E-state index in [1.54, 1.807) is 18.2 Å². The van der Waals surface area contributed by atoms with Gasteiger partial charge >= 0.3 is 0 Å². The lowest BCUT2D eigenvalue weighted by Gasteiger charge is -2.41. The van der Waals surface area contributed by atoms with Crippen molar-refractivity contribution >= 4 is 11.6 Å². The van der Waals surface area contributed by atoms with E-state index in [9.17, 15) is 19.0 Å². The van der Waals surface area contributed by atoms with Crippen molar-refractivity contribution in [2.45, 2.75) is 25.6 Å². The molecule has 1 heterocycles. The Morgan fingerprint density at radius 3 is 2.44 bits per heavy atom.